The van der Waals surface area contributed by atoms with Gasteiger partial charge >= 0.3 is 0 Å². The van der Waals surface area contributed by atoms with E-state index in [2.05, 4.69) is 37.4 Å². The van der Waals surface area contributed by atoms with Gasteiger partial charge in [-0.1, -0.05) is 19.1 Å². The minimum atomic E-state index is 0.693. The summed E-state index contributed by atoms with van der Waals surface area (Å²) in [7, 11) is 0. The maximum atomic E-state index is 3.43. The highest BCUT2D eigenvalue weighted by atomic mass is 32.2. The maximum Gasteiger partial charge on any atom is 0.0481 e. The van der Waals surface area contributed by atoms with Gasteiger partial charge in [-0.15, -0.1) is 11.8 Å². The molecule has 1 aliphatic heterocycles. The van der Waals surface area contributed by atoms with Gasteiger partial charge in [0, 0.05) is 22.4 Å². The Morgan fingerprint density at radius 1 is 1.50 bits per heavy atom. The van der Waals surface area contributed by atoms with Gasteiger partial charge in [-0.25, -0.2) is 0 Å². The highest BCUT2D eigenvalue weighted by Gasteiger charge is 2.15. The number of thioether (sulfide) groups is 1. The summed E-state index contributed by atoms with van der Waals surface area (Å²) in [5.41, 5.74) is 2.69. The molecule has 1 atom stereocenters. The van der Waals surface area contributed by atoms with Crippen molar-refractivity contribution in [2.45, 2.75) is 24.0 Å². The fourth-order valence-electron chi connectivity index (χ4n) is 1.44. The van der Waals surface area contributed by atoms with E-state index in [0.717, 1.165) is 6.54 Å². The summed E-state index contributed by atoms with van der Waals surface area (Å²) in [6.07, 6.45) is 0. The Morgan fingerprint density at radius 2 is 2.33 bits per heavy atom. The van der Waals surface area contributed by atoms with Crippen LogP contribution in [0.25, 0.3) is 0 Å². The predicted octanol–water partition coefficient (Wildman–Crippen LogP) is 2.90. The summed E-state index contributed by atoms with van der Waals surface area (Å²) in [5.74, 6) is 0. The van der Waals surface area contributed by atoms with E-state index in [1.807, 2.05) is 11.8 Å². The molecule has 0 saturated heterocycles. The standard InChI is InChI=1S/C10H13NS/c1-7-4-3-5-9-10(7)12-8(2)6-11-9/h3-5,8,11H,6H2,1-2H3. The molecule has 0 radical (unpaired) electrons. The van der Waals surface area contributed by atoms with Gasteiger partial charge in [-0.05, 0) is 18.6 Å². The third kappa shape index (κ3) is 1.31. The molecular weight excluding hydrogens is 166 g/mol. The molecule has 1 heterocycles. The topological polar surface area (TPSA) is 12.0 Å². The molecule has 0 aromatic heterocycles. The quantitative estimate of drug-likeness (QED) is 0.657. The van der Waals surface area contributed by atoms with Gasteiger partial charge in [0.2, 0.25) is 0 Å². The van der Waals surface area contributed by atoms with Crippen molar-refractivity contribution < 1.29 is 0 Å². The highest BCUT2D eigenvalue weighted by molar-refractivity contribution is 8.00. The lowest BCUT2D eigenvalue weighted by atomic mass is 10.2. The Bertz CT molecular complexity index is 296. The number of aryl methyl sites for hydroxylation is 1. The average molecular weight is 179 g/mol. The first-order valence-electron chi connectivity index (χ1n) is 4.27. The van der Waals surface area contributed by atoms with Crippen LogP contribution in [0.15, 0.2) is 23.1 Å². The van der Waals surface area contributed by atoms with Crippen LogP contribution in [0, 0.1) is 6.92 Å². The molecule has 0 spiro atoms. The summed E-state index contributed by atoms with van der Waals surface area (Å²) in [5, 5.41) is 4.13. The molecule has 2 rings (SSSR count). The molecule has 1 aliphatic rings. The van der Waals surface area contributed by atoms with Crippen molar-refractivity contribution >= 4 is 17.4 Å². The number of fused-ring (bicyclic) bond motifs is 1. The molecule has 1 aromatic carbocycles. The molecule has 1 nitrogen and oxygen atoms in total. The first-order valence-corrected chi connectivity index (χ1v) is 5.15. The number of hydrogen-bond acceptors (Lipinski definition) is 2. The molecule has 0 fully saturated rings. The van der Waals surface area contributed by atoms with Crippen molar-refractivity contribution in [2.24, 2.45) is 0 Å². The van der Waals surface area contributed by atoms with Gasteiger partial charge < -0.3 is 5.32 Å². The molecule has 2 heteroatoms. The molecule has 1 aromatic rings. The Morgan fingerprint density at radius 3 is 3.17 bits per heavy atom. The third-order valence-corrected chi connectivity index (χ3v) is 3.46. The summed E-state index contributed by atoms with van der Waals surface area (Å²) >= 11 is 1.98. The molecule has 1 unspecified atom stereocenters. The smallest absolute Gasteiger partial charge is 0.0481 e. The largest absolute Gasteiger partial charge is 0.383 e. The van der Waals surface area contributed by atoms with Gasteiger partial charge in [0.05, 0.1) is 0 Å². The second kappa shape index (κ2) is 3.02. The second-order valence-corrected chi connectivity index (χ2v) is 4.71. The predicted molar refractivity (Wildman–Crippen MR) is 55.0 cm³/mol. The van der Waals surface area contributed by atoms with Crippen LogP contribution in [0.1, 0.15) is 12.5 Å². The van der Waals surface area contributed by atoms with Gasteiger partial charge in [0.15, 0.2) is 0 Å². The number of rotatable bonds is 0. The van der Waals surface area contributed by atoms with E-state index in [-0.39, 0.29) is 0 Å². The monoisotopic (exact) mass is 179 g/mol. The van der Waals surface area contributed by atoms with Gasteiger partial charge in [-0.2, -0.15) is 0 Å². The van der Waals surface area contributed by atoms with Crippen molar-refractivity contribution in [3.8, 4) is 0 Å². The third-order valence-electron chi connectivity index (χ3n) is 2.11. The van der Waals surface area contributed by atoms with E-state index in [9.17, 15) is 0 Å². The second-order valence-electron chi connectivity index (χ2n) is 3.26. The first-order chi connectivity index (χ1) is 5.77. The van der Waals surface area contributed by atoms with E-state index in [1.54, 1.807) is 0 Å². The molecule has 1 N–H and O–H groups in total. The highest BCUT2D eigenvalue weighted by Crippen LogP contribution is 2.36. The zero-order chi connectivity index (χ0) is 8.55. The van der Waals surface area contributed by atoms with E-state index < -0.39 is 0 Å². The number of anilines is 1. The maximum absolute atomic E-state index is 3.43. The minimum Gasteiger partial charge on any atom is -0.383 e. The van der Waals surface area contributed by atoms with Crippen LogP contribution in [-0.2, 0) is 0 Å². The van der Waals surface area contributed by atoms with Crippen LogP contribution in [-0.4, -0.2) is 11.8 Å². The van der Waals surface area contributed by atoms with Gasteiger partial charge in [0.25, 0.3) is 0 Å². The van der Waals surface area contributed by atoms with Crippen molar-refractivity contribution in [1.29, 1.82) is 0 Å². The van der Waals surface area contributed by atoms with E-state index in [1.165, 1.54) is 16.1 Å². The summed E-state index contributed by atoms with van der Waals surface area (Å²) in [6.45, 7) is 5.51. The average Bonchev–Trinajstić information content (AvgIpc) is 2.07. The van der Waals surface area contributed by atoms with E-state index in [4.69, 9.17) is 0 Å². The minimum absolute atomic E-state index is 0.693. The van der Waals surface area contributed by atoms with Gasteiger partial charge in [-0.3, -0.25) is 0 Å². The zero-order valence-corrected chi connectivity index (χ0v) is 8.24. The molecular formula is C10H13NS. The van der Waals surface area contributed by atoms with Crippen LogP contribution in [0.5, 0.6) is 0 Å². The van der Waals surface area contributed by atoms with Crippen molar-refractivity contribution in [3.63, 3.8) is 0 Å². The lowest BCUT2D eigenvalue weighted by Gasteiger charge is -2.24. The molecule has 0 saturated carbocycles. The van der Waals surface area contributed by atoms with Gasteiger partial charge in [0.1, 0.15) is 0 Å². The van der Waals surface area contributed by atoms with Crippen molar-refractivity contribution in [3.05, 3.63) is 23.8 Å². The van der Waals surface area contributed by atoms with E-state index in [0.29, 0.717) is 5.25 Å². The van der Waals surface area contributed by atoms with Crippen LogP contribution >= 0.6 is 11.8 Å². The fourth-order valence-corrected chi connectivity index (χ4v) is 2.53. The molecule has 0 amide bonds. The van der Waals surface area contributed by atoms with Crippen LogP contribution in [0.4, 0.5) is 5.69 Å². The zero-order valence-electron chi connectivity index (χ0n) is 7.42. The Hall–Kier alpha value is -0.630. The van der Waals surface area contributed by atoms with Crippen LogP contribution in [0.2, 0.25) is 0 Å². The van der Waals surface area contributed by atoms with Crippen LogP contribution in [0.3, 0.4) is 0 Å². The summed E-state index contributed by atoms with van der Waals surface area (Å²) < 4.78 is 0. The molecule has 0 bridgehead atoms. The van der Waals surface area contributed by atoms with Crippen LogP contribution < -0.4 is 5.32 Å². The SMILES string of the molecule is Cc1cccc2c1SC(C)CN2. The summed E-state index contributed by atoms with van der Waals surface area (Å²) in [4.78, 5) is 1.43. The number of benzene rings is 1. The number of hydrogen-bond donors (Lipinski definition) is 1. The molecule has 0 aliphatic carbocycles. The first kappa shape index (κ1) is 7.99. The normalized spacial score (nSPS) is 21.3. The number of nitrogens with one attached hydrogen (secondary N) is 1. The lowest BCUT2D eigenvalue weighted by molar-refractivity contribution is 0.969. The lowest BCUT2D eigenvalue weighted by Crippen LogP contribution is -2.18. The Kier molecular flexibility index (Phi) is 2.01. The molecule has 64 valence electrons. The van der Waals surface area contributed by atoms with Crippen molar-refractivity contribution in [2.75, 3.05) is 11.9 Å². The van der Waals surface area contributed by atoms with Crippen molar-refractivity contribution in [1.82, 2.24) is 0 Å². The fraction of sp³-hybridized carbons (Fsp3) is 0.400. The van der Waals surface area contributed by atoms with E-state index >= 15 is 0 Å². The Labute approximate surface area is 77.6 Å². The summed E-state index contributed by atoms with van der Waals surface area (Å²) in [6, 6.07) is 6.44. The Balaban J connectivity index is 2.43. The molecule has 12 heavy (non-hydrogen) atoms.